The summed E-state index contributed by atoms with van der Waals surface area (Å²) in [7, 11) is 0. The first-order valence-corrected chi connectivity index (χ1v) is 5.04. The van der Waals surface area contributed by atoms with Crippen LogP contribution in [0.15, 0.2) is 0 Å². The molecule has 1 aromatic rings. The third kappa shape index (κ3) is 2.14. The molecular weight excluding hydrogens is 250 g/mol. The number of hydrogen-bond acceptors (Lipinski definition) is 2. The smallest absolute Gasteiger partial charge is 0.295 e. The zero-order chi connectivity index (χ0) is 11.9. The first-order valence-electron chi connectivity index (χ1n) is 4.66. The van der Waals surface area contributed by atoms with Gasteiger partial charge >= 0.3 is 12.3 Å². The van der Waals surface area contributed by atoms with E-state index in [4.69, 9.17) is 11.6 Å². The van der Waals surface area contributed by atoms with Crippen molar-refractivity contribution in [3.63, 3.8) is 0 Å². The van der Waals surface area contributed by atoms with E-state index in [9.17, 15) is 17.6 Å². The SMILES string of the molecule is FC(F)C(F)(F)Cn1c(Cl)nnc1C1CC1. The van der Waals surface area contributed by atoms with Gasteiger partial charge in [0.1, 0.15) is 5.82 Å². The van der Waals surface area contributed by atoms with Crippen LogP contribution in [0.5, 0.6) is 0 Å². The molecule has 0 aliphatic heterocycles. The lowest BCUT2D eigenvalue weighted by molar-refractivity contribution is -0.138. The molecule has 0 atom stereocenters. The van der Waals surface area contributed by atoms with E-state index in [-0.39, 0.29) is 17.0 Å². The van der Waals surface area contributed by atoms with Crippen LogP contribution in [0.4, 0.5) is 17.6 Å². The summed E-state index contributed by atoms with van der Waals surface area (Å²) in [5, 5.41) is 6.77. The Kier molecular flexibility index (Phi) is 2.81. The molecule has 0 bridgehead atoms. The predicted molar refractivity (Wildman–Crippen MR) is 48.0 cm³/mol. The minimum atomic E-state index is -4.12. The lowest BCUT2D eigenvalue weighted by atomic mass is 10.3. The van der Waals surface area contributed by atoms with Gasteiger partial charge < -0.3 is 0 Å². The maximum absolute atomic E-state index is 12.9. The fraction of sp³-hybridized carbons (Fsp3) is 0.750. The van der Waals surface area contributed by atoms with Gasteiger partial charge in [0.05, 0.1) is 6.54 Å². The Morgan fingerprint density at radius 3 is 2.50 bits per heavy atom. The van der Waals surface area contributed by atoms with E-state index in [0.29, 0.717) is 0 Å². The van der Waals surface area contributed by atoms with Crippen molar-refractivity contribution in [1.82, 2.24) is 14.8 Å². The monoisotopic (exact) mass is 257 g/mol. The van der Waals surface area contributed by atoms with Crippen LogP contribution in [0.1, 0.15) is 24.6 Å². The highest BCUT2D eigenvalue weighted by Gasteiger charge is 2.43. The molecule has 1 aliphatic rings. The predicted octanol–water partition coefficient (Wildman–Crippen LogP) is 2.71. The lowest BCUT2D eigenvalue weighted by Crippen LogP contribution is -2.32. The first-order chi connectivity index (χ1) is 7.42. The minimum absolute atomic E-state index is 0.0217. The summed E-state index contributed by atoms with van der Waals surface area (Å²) in [5.74, 6) is -3.82. The molecule has 90 valence electrons. The summed E-state index contributed by atoms with van der Waals surface area (Å²) in [6.45, 7) is -1.18. The lowest BCUT2D eigenvalue weighted by Gasteiger charge is -2.17. The second-order valence-electron chi connectivity index (χ2n) is 3.75. The van der Waals surface area contributed by atoms with Gasteiger partial charge in [0.2, 0.25) is 5.28 Å². The molecule has 1 saturated carbocycles. The minimum Gasteiger partial charge on any atom is -0.295 e. The Labute approximate surface area is 93.4 Å². The Bertz CT molecular complexity index is 389. The van der Waals surface area contributed by atoms with E-state index in [0.717, 1.165) is 17.4 Å². The first kappa shape index (κ1) is 11.6. The second kappa shape index (κ2) is 3.87. The van der Waals surface area contributed by atoms with Gasteiger partial charge in [-0.1, -0.05) is 0 Å². The molecule has 16 heavy (non-hydrogen) atoms. The summed E-state index contributed by atoms with van der Waals surface area (Å²) in [5.41, 5.74) is 0. The normalized spacial score (nSPS) is 17.1. The van der Waals surface area contributed by atoms with Crippen LogP contribution in [-0.4, -0.2) is 27.1 Å². The van der Waals surface area contributed by atoms with Crippen LogP contribution in [0.2, 0.25) is 5.28 Å². The van der Waals surface area contributed by atoms with Crippen LogP contribution in [0, 0.1) is 0 Å². The Balaban J connectivity index is 2.23. The van der Waals surface area contributed by atoms with Crippen molar-refractivity contribution in [1.29, 1.82) is 0 Å². The summed E-state index contributed by atoms with van der Waals surface area (Å²) in [6, 6.07) is 0. The zero-order valence-electron chi connectivity index (χ0n) is 8.01. The number of hydrogen-bond donors (Lipinski definition) is 0. The van der Waals surface area contributed by atoms with Crippen LogP contribution in [0.25, 0.3) is 0 Å². The zero-order valence-corrected chi connectivity index (χ0v) is 8.76. The average Bonchev–Trinajstić information content (AvgIpc) is 2.95. The molecule has 1 fully saturated rings. The highest BCUT2D eigenvalue weighted by molar-refractivity contribution is 6.28. The Morgan fingerprint density at radius 2 is 2.00 bits per heavy atom. The fourth-order valence-electron chi connectivity index (χ4n) is 1.36. The number of aromatic nitrogens is 3. The summed E-state index contributed by atoms with van der Waals surface area (Å²) < 4.78 is 50.7. The van der Waals surface area contributed by atoms with Gasteiger partial charge in [-0.2, -0.15) is 8.78 Å². The molecular formula is C8H8ClF4N3. The highest BCUT2D eigenvalue weighted by Crippen LogP contribution is 2.40. The quantitative estimate of drug-likeness (QED) is 0.777. The molecule has 0 saturated heterocycles. The Hall–Kier alpha value is -0.850. The number of nitrogens with zero attached hydrogens (tertiary/aromatic N) is 3. The summed E-state index contributed by atoms with van der Waals surface area (Å²) in [6.07, 6.45) is -2.12. The fourth-order valence-corrected chi connectivity index (χ4v) is 1.55. The topological polar surface area (TPSA) is 30.7 Å². The number of rotatable bonds is 4. The molecule has 0 amide bonds. The molecule has 0 spiro atoms. The molecule has 0 aromatic carbocycles. The molecule has 1 heterocycles. The molecule has 1 aromatic heterocycles. The molecule has 0 N–H and O–H groups in total. The third-order valence-electron chi connectivity index (χ3n) is 2.36. The van der Waals surface area contributed by atoms with Crippen molar-refractivity contribution in [3.8, 4) is 0 Å². The van der Waals surface area contributed by atoms with E-state index >= 15 is 0 Å². The van der Waals surface area contributed by atoms with Crippen molar-refractivity contribution >= 4 is 11.6 Å². The molecule has 3 nitrogen and oxygen atoms in total. The van der Waals surface area contributed by atoms with Gasteiger partial charge in [-0.05, 0) is 24.4 Å². The molecule has 1 aliphatic carbocycles. The van der Waals surface area contributed by atoms with E-state index in [1.165, 1.54) is 0 Å². The Morgan fingerprint density at radius 1 is 1.38 bits per heavy atom. The van der Waals surface area contributed by atoms with Gasteiger partial charge in [0.25, 0.3) is 0 Å². The van der Waals surface area contributed by atoms with Gasteiger partial charge in [-0.15, -0.1) is 10.2 Å². The van der Waals surface area contributed by atoms with E-state index in [1.54, 1.807) is 0 Å². The van der Waals surface area contributed by atoms with Crippen LogP contribution in [0.3, 0.4) is 0 Å². The van der Waals surface area contributed by atoms with E-state index in [1.807, 2.05) is 0 Å². The standard InChI is InChI=1S/C8H8ClF4N3/c9-7-15-14-5(4-1-2-4)16(7)3-8(12,13)6(10)11/h4,6H,1-3H2. The maximum Gasteiger partial charge on any atom is 0.325 e. The number of halogens is 5. The second-order valence-corrected chi connectivity index (χ2v) is 4.09. The highest BCUT2D eigenvalue weighted by atomic mass is 35.5. The van der Waals surface area contributed by atoms with Gasteiger partial charge in [-0.3, -0.25) is 4.57 Å². The molecule has 2 rings (SSSR count). The summed E-state index contributed by atoms with van der Waals surface area (Å²) >= 11 is 5.54. The molecule has 0 unspecified atom stereocenters. The van der Waals surface area contributed by atoms with Gasteiger partial charge in [-0.25, -0.2) is 8.78 Å². The third-order valence-corrected chi connectivity index (χ3v) is 2.64. The average molecular weight is 258 g/mol. The largest absolute Gasteiger partial charge is 0.325 e. The van der Waals surface area contributed by atoms with E-state index in [2.05, 4.69) is 10.2 Å². The van der Waals surface area contributed by atoms with Crippen LogP contribution >= 0.6 is 11.6 Å². The van der Waals surface area contributed by atoms with Gasteiger partial charge in [0.15, 0.2) is 0 Å². The van der Waals surface area contributed by atoms with Crippen molar-refractivity contribution in [3.05, 3.63) is 11.1 Å². The maximum atomic E-state index is 12.9. The van der Waals surface area contributed by atoms with Crippen LogP contribution < -0.4 is 0 Å². The van der Waals surface area contributed by atoms with Crippen molar-refractivity contribution in [2.45, 2.75) is 37.7 Å². The van der Waals surface area contributed by atoms with Crippen molar-refractivity contribution in [2.75, 3.05) is 0 Å². The molecule has 8 heteroatoms. The van der Waals surface area contributed by atoms with Crippen molar-refractivity contribution < 1.29 is 17.6 Å². The molecule has 0 radical (unpaired) electrons. The van der Waals surface area contributed by atoms with Crippen molar-refractivity contribution in [2.24, 2.45) is 0 Å². The summed E-state index contributed by atoms with van der Waals surface area (Å²) in [4.78, 5) is 0. The van der Waals surface area contributed by atoms with Gasteiger partial charge in [0, 0.05) is 5.92 Å². The van der Waals surface area contributed by atoms with E-state index < -0.39 is 18.9 Å². The van der Waals surface area contributed by atoms with Crippen LogP contribution in [-0.2, 0) is 6.54 Å². The number of alkyl halides is 4.